The Morgan fingerprint density at radius 1 is 0.936 bits per heavy atom. The highest BCUT2D eigenvalue weighted by Crippen LogP contribution is 2.50. The van der Waals surface area contributed by atoms with Gasteiger partial charge in [0.25, 0.3) is 5.56 Å². The van der Waals surface area contributed by atoms with Crippen LogP contribution in [0.4, 0.5) is 0 Å². The highest BCUT2D eigenvalue weighted by atomic mass is 32.1. The maximum atomic E-state index is 12.6. The number of nitrogens with one attached hydrogen (secondary N) is 2. The number of H-pyrrole nitrogens is 1. The molecule has 0 saturated carbocycles. The maximum absolute atomic E-state index is 12.6. The van der Waals surface area contributed by atoms with Gasteiger partial charge in [0, 0.05) is 38.9 Å². The molecule has 1 aliphatic heterocycles. The first-order valence-electron chi connectivity index (χ1n) is 18.0. The Kier molecular flexibility index (Phi) is 21.9. The lowest BCUT2D eigenvalue weighted by molar-refractivity contribution is -0.0564. The van der Waals surface area contributed by atoms with Crippen LogP contribution < -0.4 is 16.6 Å². The van der Waals surface area contributed by atoms with Gasteiger partial charge in [0.15, 0.2) is 0 Å². The quantitative estimate of drug-likeness (QED) is 0.0455. The molecule has 0 amide bonds. The van der Waals surface area contributed by atoms with Crippen molar-refractivity contribution < 1.29 is 28.0 Å². The molecule has 0 aliphatic carbocycles. The molecular weight excluding hydrogens is 641 g/mol. The van der Waals surface area contributed by atoms with E-state index in [0.717, 1.165) is 63.6 Å². The second-order valence-electron chi connectivity index (χ2n) is 12.8. The Balaban J connectivity index is 1.63. The summed E-state index contributed by atoms with van der Waals surface area (Å²) in [6.45, 7) is 3.24. The molecule has 2 rings (SSSR count). The Labute approximate surface area is 287 Å². The van der Waals surface area contributed by atoms with E-state index in [-0.39, 0.29) is 6.61 Å². The first kappa shape index (κ1) is 41.8. The van der Waals surface area contributed by atoms with Crippen molar-refractivity contribution in [3.05, 3.63) is 33.1 Å². The van der Waals surface area contributed by atoms with Gasteiger partial charge in [-0.1, -0.05) is 122 Å². The van der Waals surface area contributed by atoms with Crippen molar-refractivity contribution in [1.29, 1.82) is 0 Å². The fourth-order valence-corrected chi connectivity index (χ4v) is 7.23. The van der Waals surface area contributed by atoms with Crippen LogP contribution in [0.3, 0.4) is 0 Å². The zero-order chi connectivity index (χ0) is 34.3. The number of methoxy groups -OCH3 is 1. The average Bonchev–Trinajstić information content (AvgIpc) is 3.36. The lowest BCUT2D eigenvalue weighted by Gasteiger charge is -2.25. The van der Waals surface area contributed by atoms with Crippen LogP contribution in [-0.4, -0.2) is 59.0 Å². The summed E-state index contributed by atoms with van der Waals surface area (Å²) < 4.78 is 35.2. The van der Waals surface area contributed by atoms with E-state index < -0.39 is 43.4 Å². The van der Waals surface area contributed by atoms with Crippen LogP contribution in [0.5, 0.6) is 0 Å². The molecule has 3 N–H and O–H groups in total. The predicted molar refractivity (Wildman–Crippen MR) is 191 cm³/mol. The summed E-state index contributed by atoms with van der Waals surface area (Å²) in [5.74, 6) is -0.446. The number of hydrogen-bond acceptors (Lipinski definition) is 8. The van der Waals surface area contributed by atoms with Gasteiger partial charge in [0.05, 0.1) is 11.6 Å². The minimum Gasteiger partial charge on any atom is -0.382 e. The number of thiocarbonyl (C=S) groups is 1. The summed E-state index contributed by atoms with van der Waals surface area (Å²) in [5, 5.41) is 3.41. The molecule has 2 heterocycles. The first-order valence-corrected chi connectivity index (χ1v) is 19.9. The third-order valence-electron chi connectivity index (χ3n) is 8.95. The van der Waals surface area contributed by atoms with Crippen molar-refractivity contribution >= 4 is 25.0 Å². The van der Waals surface area contributed by atoms with Gasteiger partial charge in [-0.2, -0.15) is 0 Å². The van der Waals surface area contributed by atoms with Gasteiger partial charge >= 0.3 is 13.5 Å². The average molecular weight is 704 g/mol. The van der Waals surface area contributed by atoms with Crippen molar-refractivity contribution in [2.24, 2.45) is 5.92 Å². The zero-order valence-corrected chi connectivity index (χ0v) is 30.8. The monoisotopic (exact) mass is 703 g/mol. The third-order valence-corrected chi connectivity index (χ3v) is 10.3. The Morgan fingerprint density at radius 2 is 1.51 bits per heavy atom. The van der Waals surface area contributed by atoms with Crippen molar-refractivity contribution in [2.45, 2.75) is 154 Å². The van der Waals surface area contributed by atoms with E-state index in [2.05, 4.69) is 21.7 Å². The Morgan fingerprint density at radius 3 is 2.09 bits per heavy atom. The molecule has 1 saturated heterocycles. The number of hydrogen-bond donors (Lipinski definition) is 3. The number of aromatic amines is 1. The summed E-state index contributed by atoms with van der Waals surface area (Å²) in [7, 11) is -1.75. The number of ether oxygens (including phenoxy) is 2. The lowest BCUT2D eigenvalue weighted by atomic mass is 9.93. The van der Waals surface area contributed by atoms with Gasteiger partial charge in [0.2, 0.25) is 0 Å². The molecule has 2 unspecified atom stereocenters. The minimum atomic E-state index is -4.34. The van der Waals surface area contributed by atoms with Gasteiger partial charge in [0.1, 0.15) is 18.4 Å². The number of aromatic nitrogens is 2. The molecule has 1 aromatic heterocycles. The molecule has 1 aliphatic rings. The standard InChI is InChI=1S/C34H62N3O8PS/c1-4-5-6-7-8-9-10-11-12-13-14-17-20-23-31(47)35-25-21-18-15-16-19-22-28-32(45-46(40,41)43-3)29(27-42-2)44-33(28)37-26-24-30(38)36-34(37)39/h24,26,28-29,32-33H,4-23,25,27H2,1-3H3,(H,35,47)(H,40,41)(H,36,38,39)/t28-,29+,32?,33+/m0/s1. The number of phosphoric acid groups is 1. The lowest BCUT2D eigenvalue weighted by Crippen LogP contribution is -2.35. The molecule has 0 bridgehead atoms. The minimum absolute atomic E-state index is 0.0910. The van der Waals surface area contributed by atoms with Crippen LogP contribution in [-0.2, 0) is 23.1 Å². The SMILES string of the molecule is CCCCCCCCCCCCCCCC(=S)NCCCCCCC[C@H]1C(OP(=O)(O)OC)[C@@H](COC)O[C@H]1n1ccc(=O)[nH]c1=O. The van der Waals surface area contributed by atoms with Crippen molar-refractivity contribution in [2.75, 3.05) is 27.4 Å². The number of rotatable bonds is 28. The molecule has 0 radical (unpaired) electrons. The van der Waals surface area contributed by atoms with Gasteiger partial charge in [-0.15, -0.1) is 0 Å². The van der Waals surface area contributed by atoms with Crippen molar-refractivity contribution in [1.82, 2.24) is 14.9 Å². The van der Waals surface area contributed by atoms with Gasteiger partial charge in [-0.3, -0.25) is 23.4 Å². The fourth-order valence-electron chi connectivity index (χ4n) is 6.30. The molecule has 1 fully saturated rings. The summed E-state index contributed by atoms with van der Waals surface area (Å²) >= 11 is 5.54. The molecule has 272 valence electrons. The van der Waals surface area contributed by atoms with Crippen LogP contribution in [0.25, 0.3) is 0 Å². The summed E-state index contributed by atoms with van der Waals surface area (Å²) in [5.41, 5.74) is -1.14. The molecule has 47 heavy (non-hydrogen) atoms. The van der Waals surface area contributed by atoms with E-state index in [1.165, 1.54) is 101 Å². The number of unbranched alkanes of at least 4 members (excludes halogenated alkanes) is 16. The number of nitrogens with zero attached hydrogens (tertiary/aromatic N) is 1. The smallest absolute Gasteiger partial charge is 0.382 e. The predicted octanol–water partition coefficient (Wildman–Crippen LogP) is 7.57. The van der Waals surface area contributed by atoms with E-state index in [1.54, 1.807) is 0 Å². The van der Waals surface area contributed by atoms with Crippen LogP contribution in [0.2, 0.25) is 0 Å². The summed E-state index contributed by atoms with van der Waals surface area (Å²) in [4.78, 5) is 37.5. The van der Waals surface area contributed by atoms with Gasteiger partial charge in [-0.25, -0.2) is 9.36 Å². The largest absolute Gasteiger partial charge is 0.472 e. The molecular formula is C34H62N3O8PS. The van der Waals surface area contributed by atoms with Crippen LogP contribution in [0.1, 0.15) is 142 Å². The fraction of sp³-hybridized carbons (Fsp3) is 0.853. The van der Waals surface area contributed by atoms with Gasteiger partial charge < -0.3 is 19.7 Å². The van der Waals surface area contributed by atoms with E-state index in [9.17, 15) is 19.0 Å². The van der Waals surface area contributed by atoms with Crippen molar-refractivity contribution in [3.8, 4) is 0 Å². The van der Waals surface area contributed by atoms with Crippen LogP contribution >= 0.6 is 20.0 Å². The Hall–Kier alpha value is -1.40. The zero-order valence-electron chi connectivity index (χ0n) is 29.1. The van der Waals surface area contributed by atoms with Crippen molar-refractivity contribution in [3.63, 3.8) is 0 Å². The Bertz CT molecular complexity index is 1150. The second-order valence-corrected chi connectivity index (χ2v) is 14.8. The maximum Gasteiger partial charge on any atom is 0.472 e. The number of phosphoric ester groups is 1. The first-order chi connectivity index (χ1) is 22.7. The summed E-state index contributed by atoms with van der Waals surface area (Å²) in [6, 6.07) is 1.24. The van der Waals surface area contributed by atoms with E-state index in [4.69, 9.17) is 26.2 Å². The van der Waals surface area contributed by atoms with E-state index in [1.807, 2.05) is 0 Å². The molecule has 13 heteroatoms. The van der Waals surface area contributed by atoms with Gasteiger partial charge in [-0.05, 0) is 25.7 Å². The molecule has 1 aromatic rings. The molecule has 0 aromatic carbocycles. The summed E-state index contributed by atoms with van der Waals surface area (Å²) in [6.07, 6.45) is 22.9. The third kappa shape index (κ3) is 17.2. The molecule has 5 atom stereocenters. The normalized spacial score (nSPS) is 20.8. The molecule has 0 spiro atoms. The van der Waals surface area contributed by atoms with Crippen LogP contribution in [0, 0.1) is 5.92 Å². The van der Waals surface area contributed by atoms with Crippen LogP contribution in [0.15, 0.2) is 21.9 Å². The molecule has 11 nitrogen and oxygen atoms in total. The highest BCUT2D eigenvalue weighted by molar-refractivity contribution is 7.80. The van der Waals surface area contributed by atoms with E-state index in [0.29, 0.717) is 6.42 Å². The topological polar surface area (TPSA) is 141 Å². The van der Waals surface area contributed by atoms with E-state index >= 15 is 0 Å². The second kappa shape index (κ2) is 24.7. The highest BCUT2D eigenvalue weighted by Gasteiger charge is 2.49.